The number of nitriles is 1. The number of amides is 2. The molecule has 0 radical (unpaired) electrons. The first-order valence-electron chi connectivity index (χ1n) is 7.89. The van der Waals surface area contributed by atoms with E-state index >= 15 is 0 Å². The van der Waals surface area contributed by atoms with Crippen molar-refractivity contribution in [2.45, 2.75) is 0 Å². The third kappa shape index (κ3) is 6.17. The monoisotopic (exact) mass is 367 g/mol. The largest absolute Gasteiger partial charge is 0.497 e. The van der Waals surface area contributed by atoms with Crippen molar-refractivity contribution in [3.05, 3.63) is 59.7 Å². The van der Waals surface area contributed by atoms with Crippen LogP contribution in [-0.2, 0) is 14.3 Å². The van der Waals surface area contributed by atoms with Gasteiger partial charge in [0.05, 0.1) is 18.7 Å². The molecule has 0 bridgehead atoms. The molecule has 0 unspecified atom stereocenters. The number of ether oxygens (including phenoxy) is 2. The molecule has 2 amide bonds. The molecule has 27 heavy (non-hydrogen) atoms. The lowest BCUT2D eigenvalue weighted by Crippen LogP contribution is -2.32. The molecule has 0 aliphatic heterocycles. The number of esters is 1. The van der Waals surface area contributed by atoms with Crippen molar-refractivity contribution >= 4 is 23.5 Å². The number of hydrogen-bond donors (Lipinski definition) is 2. The second-order valence-corrected chi connectivity index (χ2v) is 5.32. The van der Waals surface area contributed by atoms with E-state index < -0.39 is 24.4 Å². The first-order valence-corrected chi connectivity index (χ1v) is 7.89. The molecule has 2 N–H and O–H groups in total. The fraction of sp³-hybridized carbons (Fsp3) is 0.158. The van der Waals surface area contributed by atoms with E-state index in [1.54, 1.807) is 36.4 Å². The summed E-state index contributed by atoms with van der Waals surface area (Å²) in [5.41, 5.74) is 1.14. The van der Waals surface area contributed by atoms with Crippen LogP contribution >= 0.6 is 0 Å². The first-order chi connectivity index (χ1) is 13.0. The van der Waals surface area contributed by atoms with E-state index in [0.717, 1.165) is 0 Å². The Balaban J connectivity index is 1.76. The molecule has 0 spiro atoms. The molecule has 0 atom stereocenters. The maximum Gasteiger partial charge on any atom is 0.325 e. The molecule has 0 aromatic heterocycles. The average molecular weight is 367 g/mol. The molecule has 138 valence electrons. The zero-order valence-electron chi connectivity index (χ0n) is 14.5. The Bertz CT molecular complexity index is 889. The van der Waals surface area contributed by atoms with Crippen molar-refractivity contribution < 1.29 is 23.9 Å². The Hall–Kier alpha value is -3.86. The number of rotatable bonds is 7. The fourth-order valence-corrected chi connectivity index (χ4v) is 2.08. The standard InChI is InChI=1S/C19H17N3O5/c1-26-16-7-3-5-14(9-16)19(25)21-11-18(24)27-12-17(23)22-15-6-2-4-13(8-15)10-20/h2-9H,11-12H2,1H3,(H,21,25)(H,22,23). The third-order valence-corrected chi connectivity index (χ3v) is 3.36. The first kappa shape index (κ1) is 19.5. The summed E-state index contributed by atoms with van der Waals surface area (Å²) in [6, 6.07) is 14.7. The molecule has 8 nitrogen and oxygen atoms in total. The van der Waals surface area contributed by atoms with Crippen molar-refractivity contribution in [3.8, 4) is 11.8 Å². The lowest BCUT2D eigenvalue weighted by Gasteiger charge is -2.08. The summed E-state index contributed by atoms with van der Waals surface area (Å²) < 4.78 is 9.83. The number of methoxy groups -OCH3 is 1. The summed E-state index contributed by atoms with van der Waals surface area (Å²) in [4.78, 5) is 35.4. The van der Waals surface area contributed by atoms with Crippen molar-refractivity contribution in [2.75, 3.05) is 25.6 Å². The maximum absolute atomic E-state index is 12.0. The van der Waals surface area contributed by atoms with Gasteiger partial charge < -0.3 is 20.1 Å². The number of benzene rings is 2. The lowest BCUT2D eigenvalue weighted by molar-refractivity contribution is -0.146. The minimum Gasteiger partial charge on any atom is -0.497 e. The third-order valence-electron chi connectivity index (χ3n) is 3.36. The van der Waals surface area contributed by atoms with E-state index in [4.69, 9.17) is 14.7 Å². The summed E-state index contributed by atoms with van der Waals surface area (Å²) in [5, 5.41) is 13.7. The SMILES string of the molecule is COc1cccc(C(=O)NCC(=O)OCC(=O)Nc2cccc(C#N)c2)c1. The predicted molar refractivity (Wildman–Crippen MR) is 96.1 cm³/mol. The van der Waals surface area contributed by atoms with Crippen LogP contribution in [0.3, 0.4) is 0 Å². The predicted octanol–water partition coefficient (Wildman–Crippen LogP) is 1.48. The van der Waals surface area contributed by atoms with E-state index in [1.165, 1.54) is 19.2 Å². The van der Waals surface area contributed by atoms with Gasteiger partial charge in [-0.05, 0) is 36.4 Å². The van der Waals surface area contributed by atoms with Gasteiger partial charge in [-0.15, -0.1) is 0 Å². The van der Waals surface area contributed by atoms with Gasteiger partial charge in [-0.2, -0.15) is 5.26 Å². The lowest BCUT2D eigenvalue weighted by atomic mass is 10.2. The van der Waals surface area contributed by atoms with E-state index in [1.807, 2.05) is 6.07 Å². The Morgan fingerprint density at radius 3 is 2.63 bits per heavy atom. The van der Waals surface area contributed by atoms with Crippen molar-refractivity contribution in [2.24, 2.45) is 0 Å². The van der Waals surface area contributed by atoms with Crippen LogP contribution in [-0.4, -0.2) is 38.0 Å². The smallest absolute Gasteiger partial charge is 0.325 e. The van der Waals surface area contributed by atoms with Crippen molar-refractivity contribution in [1.82, 2.24) is 5.32 Å². The number of carbonyl (C=O) groups excluding carboxylic acids is 3. The van der Waals surface area contributed by atoms with Crippen LogP contribution in [0, 0.1) is 11.3 Å². The van der Waals surface area contributed by atoms with Crippen LogP contribution in [0.1, 0.15) is 15.9 Å². The summed E-state index contributed by atoms with van der Waals surface area (Å²) in [6.45, 7) is -0.891. The van der Waals surface area contributed by atoms with E-state index in [-0.39, 0.29) is 6.54 Å². The second-order valence-electron chi connectivity index (χ2n) is 5.32. The van der Waals surface area contributed by atoms with Gasteiger partial charge in [0.1, 0.15) is 12.3 Å². The van der Waals surface area contributed by atoms with Gasteiger partial charge in [0.15, 0.2) is 6.61 Å². The van der Waals surface area contributed by atoms with Gasteiger partial charge in [-0.25, -0.2) is 0 Å². The summed E-state index contributed by atoms with van der Waals surface area (Å²) in [5.74, 6) is -1.27. The normalized spacial score (nSPS) is 9.63. The molecule has 2 rings (SSSR count). The summed E-state index contributed by atoms with van der Waals surface area (Å²) in [6.07, 6.45) is 0. The number of anilines is 1. The highest BCUT2D eigenvalue weighted by Crippen LogP contribution is 2.12. The average Bonchev–Trinajstić information content (AvgIpc) is 2.70. The second kappa shape index (κ2) is 9.58. The Morgan fingerprint density at radius 2 is 1.89 bits per heavy atom. The summed E-state index contributed by atoms with van der Waals surface area (Å²) >= 11 is 0. The van der Waals surface area contributed by atoms with Crippen molar-refractivity contribution in [3.63, 3.8) is 0 Å². The quantitative estimate of drug-likeness (QED) is 0.716. The number of nitrogens with zero attached hydrogens (tertiary/aromatic N) is 1. The van der Waals surface area contributed by atoms with Gasteiger partial charge in [0, 0.05) is 11.3 Å². The van der Waals surface area contributed by atoms with E-state index in [2.05, 4.69) is 10.6 Å². The molecule has 0 fully saturated rings. The Kier molecular flexibility index (Phi) is 6.91. The highest BCUT2D eigenvalue weighted by Gasteiger charge is 2.11. The molecule has 0 saturated carbocycles. The Labute approximate surface area is 155 Å². The minimum atomic E-state index is -0.757. The number of hydrogen-bond acceptors (Lipinski definition) is 6. The molecular weight excluding hydrogens is 350 g/mol. The van der Waals surface area contributed by atoms with Crippen molar-refractivity contribution in [1.29, 1.82) is 5.26 Å². The van der Waals surface area contributed by atoms with E-state index in [0.29, 0.717) is 22.6 Å². The zero-order valence-corrected chi connectivity index (χ0v) is 14.5. The molecule has 8 heteroatoms. The molecule has 0 aliphatic carbocycles. The van der Waals surface area contributed by atoms with Crippen LogP contribution in [0.4, 0.5) is 5.69 Å². The molecule has 0 saturated heterocycles. The molecule has 2 aromatic carbocycles. The van der Waals surface area contributed by atoms with Gasteiger partial charge >= 0.3 is 5.97 Å². The number of nitrogens with one attached hydrogen (secondary N) is 2. The molecule has 2 aromatic rings. The Morgan fingerprint density at radius 1 is 1.11 bits per heavy atom. The van der Waals surface area contributed by atoms with Gasteiger partial charge in [-0.1, -0.05) is 12.1 Å². The van der Waals surface area contributed by atoms with Crippen LogP contribution < -0.4 is 15.4 Å². The molecular formula is C19H17N3O5. The van der Waals surface area contributed by atoms with Crippen LogP contribution in [0.2, 0.25) is 0 Å². The van der Waals surface area contributed by atoms with Gasteiger partial charge in [0.25, 0.3) is 11.8 Å². The van der Waals surface area contributed by atoms with Crippen LogP contribution in [0.25, 0.3) is 0 Å². The van der Waals surface area contributed by atoms with Gasteiger partial charge in [0.2, 0.25) is 0 Å². The maximum atomic E-state index is 12.0. The number of carbonyl (C=O) groups is 3. The zero-order chi connectivity index (χ0) is 19.6. The highest BCUT2D eigenvalue weighted by molar-refractivity contribution is 5.97. The topological polar surface area (TPSA) is 118 Å². The van der Waals surface area contributed by atoms with Gasteiger partial charge in [-0.3, -0.25) is 14.4 Å². The minimum absolute atomic E-state index is 0.331. The fourth-order valence-electron chi connectivity index (χ4n) is 2.08. The highest BCUT2D eigenvalue weighted by atomic mass is 16.5. The van der Waals surface area contributed by atoms with E-state index in [9.17, 15) is 14.4 Å². The molecule has 0 aliphatic rings. The van der Waals surface area contributed by atoms with Crippen LogP contribution in [0.5, 0.6) is 5.75 Å². The summed E-state index contributed by atoms with van der Waals surface area (Å²) in [7, 11) is 1.48. The van der Waals surface area contributed by atoms with Crippen LogP contribution in [0.15, 0.2) is 48.5 Å². The molecule has 0 heterocycles.